The normalized spacial score (nSPS) is 20.4. The first-order valence-corrected chi connectivity index (χ1v) is 9.39. The molecular weight excluding hydrogens is 360 g/mol. The third-order valence-electron chi connectivity index (χ3n) is 4.74. The Labute approximate surface area is 163 Å². The molecule has 2 N–H and O–H groups in total. The Hall–Kier alpha value is -3.06. The summed E-state index contributed by atoms with van der Waals surface area (Å²) in [6, 6.07) is 14.1. The van der Waals surface area contributed by atoms with E-state index in [9.17, 15) is 9.59 Å². The number of hydrogen-bond acceptors (Lipinski definition) is 5. The fourth-order valence-electron chi connectivity index (χ4n) is 3.26. The van der Waals surface area contributed by atoms with Gasteiger partial charge >= 0.3 is 0 Å². The number of nitrogens with one attached hydrogen (secondary N) is 2. The summed E-state index contributed by atoms with van der Waals surface area (Å²) in [7, 11) is 0. The van der Waals surface area contributed by atoms with Crippen LogP contribution in [0.2, 0.25) is 0 Å². The lowest BCUT2D eigenvalue weighted by Gasteiger charge is -2.25. The Morgan fingerprint density at radius 1 is 1.04 bits per heavy atom. The Morgan fingerprint density at radius 2 is 1.82 bits per heavy atom. The lowest BCUT2D eigenvalue weighted by atomic mass is 10.1. The number of amides is 2. The van der Waals surface area contributed by atoms with Gasteiger partial charge in [0.25, 0.3) is 11.8 Å². The molecule has 0 aromatic heterocycles. The number of carbonyl (C=O) groups excluding carboxylic acids is 2. The van der Waals surface area contributed by atoms with Crippen molar-refractivity contribution < 1.29 is 23.8 Å². The van der Waals surface area contributed by atoms with Gasteiger partial charge in [0.15, 0.2) is 11.5 Å². The van der Waals surface area contributed by atoms with E-state index >= 15 is 0 Å². The van der Waals surface area contributed by atoms with Gasteiger partial charge in [0.05, 0.1) is 17.4 Å². The molecule has 2 amide bonds. The van der Waals surface area contributed by atoms with E-state index in [2.05, 4.69) is 10.6 Å². The molecule has 2 aliphatic heterocycles. The summed E-state index contributed by atoms with van der Waals surface area (Å²) < 4.78 is 16.8. The molecule has 2 atom stereocenters. The molecule has 0 bridgehead atoms. The molecule has 1 saturated heterocycles. The van der Waals surface area contributed by atoms with Crippen molar-refractivity contribution in [1.29, 1.82) is 0 Å². The largest absolute Gasteiger partial charge is 0.485 e. The summed E-state index contributed by atoms with van der Waals surface area (Å²) in [5.41, 5.74) is 0.825. The van der Waals surface area contributed by atoms with Gasteiger partial charge in [-0.2, -0.15) is 0 Å². The van der Waals surface area contributed by atoms with Crippen LogP contribution in [0, 0.1) is 0 Å². The highest BCUT2D eigenvalue weighted by Gasteiger charge is 2.28. The van der Waals surface area contributed by atoms with Crippen LogP contribution in [0.25, 0.3) is 0 Å². The van der Waals surface area contributed by atoms with E-state index in [1.807, 2.05) is 12.1 Å². The molecule has 0 unspecified atom stereocenters. The van der Waals surface area contributed by atoms with E-state index in [4.69, 9.17) is 14.2 Å². The zero-order valence-electron chi connectivity index (χ0n) is 15.4. The van der Waals surface area contributed by atoms with E-state index in [0.717, 1.165) is 19.4 Å². The average molecular weight is 382 g/mol. The Bertz CT molecular complexity index is 863. The van der Waals surface area contributed by atoms with Gasteiger partial charge < -0.3 is 24.8 Å². The van der Waals surface area contributed by atoms with Crippen molar-refractivity contribution in [1.82, 2.24) is 5.32 Å². The number of para-hydroxylation sites is 3. The summed E-state index contributed by atoms with van der Waals surface area (Å²) in [6.45, 7) is 1.30. The number of benzene rings is 2. The molecule has 4 rings (SSSR count). The van der Waals surface area contributed by atoms with Crippen molar-refractivity contribution in [3.05, 3.63) is 54.1 Å². The lowest BCUT2D eigenvalue weighted by molar-refractivity contribution is -0.125. The second-order valence-corrected chi connectivity index (χ2v) is 6.74. The van der Waals surface area contributed by atoms with Crippen LogP contribution < -0.4 is 20.1 Å². The zero-order valence-corrected chi connectivity index (χ0v) is 15.4. The number of hydrogen-bond donors (Lipinski definition) is 2. The molecular formula is C21H22N2O5. The molecule has 0 saturated carbocycles. The predicted molar refractivity (Wildman–Crippen MR) is 103 cm³/mol. The van der Waals surface area contributed by atoms with E-state index in [0.29, 0.717) is 29.3 Å². The monoisotopic (exact) mass is 382 g/mol. The van der Waals surface area contributed by atoms with E-state index in [1.165, 1.54) is 0 Å². The molecule has 2 heterocycles. The van der Waals surface area contributed by atoms with Crippen molar-refractivity contribution in [2.45, 2.75) is 25.0 Å². The Morgan fingerprint density at radius 3 is 2.64 bits per heavy atom. The highest BCUT2D eigenvalue weighted by atomic mass is 16.6. The fraction of sp³-hybridized carbons (Fsp3) is 0.333. The second kappa shape index (κ2) is 8.31. The van der Waals surface area contributed by atoms with Crippen molar-refractivity contribution in [2.75, 3.05) is 25.1 Å². The first-order chi connectivity index (χ1) is 13.7. The first kappa shape index (κ1) is 18.3. The number of ether oxygens (including phenoxy) is 3. The van der Waals surface area contributed by atoms with E-state index < -0.39 is 6.10 Å². The summed E-state index contributed by atoms with van der Waals surface area (Å²) in [5, 5.41) is 5.66. The van der Waals surface area contributed by atoms with Crippen LogP contribution in [-0.4, -0.2) is 43.8 Å². The van der Waals surface area contributed by atoms with Crippen LogP contribution in [0.15, 0.2) is 48.5 Å². The average Bonchev–Trinajstić information content (AvgIpc) is 3.25. The minimum absolute atomic E-state index is 0.0542. The molecule has 2 aliphatic rings. The molecule has 1 fully saturated rings. The van der Waals surface area contributed by atoms with Crippen LogP contribution in [0.5, 0.6) is 11.5 Å². The summed E-state index contributed by atoms with van der Waals surface area (Å²) >= 11 is 0. The molecule has 0 aliphatic carbocycles. The maximum Gasteiger partial charge on any atom is 0.269 e. The van der Waals surface area contributed by atoms with Crippen molar-refractivity contribution in [3.8, 4) is 11.5 Å². The SMILES string of the molecule is O=C(NC[C@@H]1CCCO1)c1ccccc1NC(=O)[C@H]1COc2ccccc2O1. The van der Waals surface area contributed by atoms with Crippen LogP contribution in [0.3, 0.4) is 0 Å². The summed E-state index contributed by atoms with van der Waals surface area (Å²) in [5.74, 6) is 0.517. The number of carbonyl (C=O) groups is 2. The summed E-state index contributed by atoms with van der Waals surface area (Å²) in [4.78, 5) is 25.2. The molecule has 0 spiro atoms. The lowest BCUT2D eigenvalue weighted by Crippen LogP contribution is -2.40. The minimum Gasteiger partial charge on any atom is -0.485 e. The predicted octanol–water partition coefficient (Wildman–Crippen LogP) is 2.37. The van der Waals surface area contributed by atoms with Crippen LogP contribution >= 0.6 is 0 Å². The van der Waals surface area contributed by atoms with Gasteiger partial charge in [-0.05, 0) is 37.1 Å². The van der Waals surface area contributed by atoms with E-state index in [1.54, 1.807) is 36.4 Å². The number of anilines is 1. The van der Waals surface area contributed by atoms with Crippen molar-refractivity contribution in [2.24, 2.45) is 0 Å². The van der Waals surface area contributed by atoms with Gasteiger partial charge in [0.2, 0.25) is 6.10 Å². The number of fused-ring (bicyclic) bond motifs is 1. The van der Waals surface area contributed by atoms with Crippen LogP contribution in [0.1, 0.15) is 23.2 Å². The van der Waals surface area contributed by atoms with Gasteiger partial charge in [0, 0.05) is 13.2 Å². The van der Waals surface area contributed by atoms with Gasteiger partial charge in [-0.1, -0.05) is 24.3 Å². The number of rotatable bonds is 5. The van der Waals surface area contributed by atoms with E-state index in [-0.39, 0.29) is 24.5 Å². The Balaban J connectivity index is 1.40. The maximum absolute atomic E-state index is 12.7. The van der Waals surface area contributed by atoms with Gasteiger partial charge in [-0.15, -0.1) is 0 Å². The molecule has 2 aromatic carbocycles. The third kappa shape index (κ3) is 4.09. The Kier molecular flexibility index (Phi) is 5.43. The molecule has 2 aromatic rings. The van der Waals surface area contributed by atoms with Crippen LogP contribution in [0.4, 0.5) is 5.69 Å². The summed E-state index contributed by atoms with van der Waals surface area (Å²) in [6.07, 6.45) is 1.22. The molecule has 7 heteroatoms. The third-order valence-corrected chi connectivity index (χ3v) is 4.74. The molecule has 146 valence electrons. The van der Waals surface area contributed by atoms with Crippen molar-refractivity contribution in [3.63, 3.8) is 0 Å². The van der Waals surface area contributed by atoms with Gasteiger partial charge in [-0.3, -0.25) is 9.59 Å². The quantitative estimate of drug-likeness (QED) is 0.829. The molecule has 0 radical (unpaired) electrons. The van der Waals surface area contributed by atoms with Crippen molar-refractivity contribution >= 4 is 17.5 Å². The standard InChI is InChI=1S/C21H22N2O5/c24-20(22-12-14-6-5-11-26-14)15-7-1-2-8-16(15)23-21(25)19-13-27-17-9-3-4-10-18(17)28-19/h1-4,7-10,14,19H,5-6,11-13H2,(H,22,24)(H,23,25)/t14-,19+/m0/s1. The minimum atomic E-state index is -0.794. The van der Waals surface area contributed by atoms with Gasteiger partial charge in [0.1, 0.15) is 6.61 Å². The second-order valence-electron chi connectivity index (χ2n) is 6.74. The van der Waals surface area contributed by atoms with Crippen LogP contribution in [-0.2, 0) is 9.53 Å². The zero-order chi connectivity index (χ0) is 19.3. The highest BCUT2D eigenvalue weighted by molar-refractivity contribution is 6.04. The first-order valence-electron chi connectivity index (χ1n) is 9.39. The molecule has 28 heavy (non-hydrogen) atoms. The van der Waals surface area contributed by atoms with Gasteiger partial charge in [-0.25, -0.2) is 0 Å². The fourth-order valence-corrected chi connectivity index (χ4v) is 3.26. The maximum atomic E-state index is 12.7. The smallest absolute Gasteiger partial charge is 0.269 e. The molecule has 7 nitrogen and oxygen atoms in total. The highest BCUT2D eigenvalue weighted by Crippen LogP contribution is 2.31. The topological polar surface area (TPSA) is 85.9 Å².